The SMILES string of the molecule is CN(C)C(=O)COc1ccccc1C(=O)N1CCC(c2nc3ccccc3s2)CC1. The molecule has 0 saturated carbocycles. The van der Waals surface area contributed by atoms with Gasteiger partial charge in [-0.2, -0.15) is 0 Å². The number of ether oxygens (including phenoxy) is 1. The molecule has 1 aliphatic heterocycles. The molecule has 1 aliphatic rings. The van der Waals surface area contributed by atoms with Gasteiger partial charge in [-0.25, -0.2) is 4.98 Å². The molecule has 30 heavy (non-hydrogen) atoms. The van der Waals surface area contributed by atoms with E-state index in [0.29, 0.717) is 30.3 Å². The molecule has 1 aromatic heterocycles. The number of nitrogens with zero attached hydrogens (tertiary/aromatic N) is 3. The number of thiazole rings is 1. The normalized spacial score (nSPS) is 14.7. The van der Waals surface area contributed by atoms with Gasteiger partial charge in [0.1, 0.15) is 5.75 Å². The van der Waals surface area contributed by atoms with E-state index in [1.54, 1.807) is 37.6 Å². The summed E-state index contributed by atoms with van der Waals surface area (Å²) in [5, 5.41) is 1.16. The molecule has 3 aromatic rings. The molecule has 0 N–H and O–H groups in total. The van der Waals surface area contributed by atoms with E-state index >= 15 is 0 Å². The van der Waals surface area contributed by atoms with Gasteiger partial charge in [0.25, 0.3) is 11.8 Å². The average molecular weight is 424 g/mol. The highest BCUT2D eigenvalue weighted by Crippen LogP contribution is 2.34. The van der Waals surface area contributed by atoms with E-state index in [2.05, 4.69) is 6.07 Å². The standard InChI is InChI=1S/C23H25N3O3S/c1-25(2)21(27)15-29-19-9-5-3-7-17(19)23(28)26-13-11-16(12-14-26)22-24-18-8-4-6-10-20(18)30-22/h3-10,16H,11-15H2,1-2H3. The largest absolute Gasteiger partial charge is 0.483 e. The van der Waals surface area contributed by atoms with Crippen LogP contribution in [0.5, 0.6) is 5.75 Å². The van der Waals surface area contributed by atoms with Crippen LogP contribution in [0.2, 0.25) is 0 Å². The average Bonchev–Trinajstić information content (AvgIpc) is 3.21. The third kappa shape index (κ3) is 4.31. The van der Waals surface area contributed by atoms with Crippen LogP contribution in [-0.4, -0.2) is 60.4 Å². The van der Waals surface area contributed by atoms with E-state index in [9.17, 15) is 9.59 Å². The summed E-state index contributed by atoms with van der Waals surface area (Å²) in [5.74, 6) is 0.640. The lowest BCUT2D eigenvalue weighted by atomic mass is 9.97. The van der Waals surface area contributed by atoms with E-state index < -0.39 is 0 Å². The minimum absolute atomic E-state index is 0.0503. The van der Waals surface area contributed by atoms with Crippen molar-refractivity contribution in [3.05, 3.63) is 59.1 Å². The number of likely N-dealkylation sites (N-methyl/N-ethyl adjacent to an activating group) is 1. The molecule has 7 heteroatoms. The van der Waals surface area contributed by atoms with E-state index in [-0.39, 0.29) is 18.4 Å². The summed E-state index contributed by atoms with van der Waals surface area (Å²) in [5.41, 5.74) is 1.55. The summed E-state index contributed by atoms with van der Waals surface area (Å²) < 4.78 is 6.86. The van der Waals surface area contributed by atoms with Gasteiger partial charge < -0.3 is 14.5 Å². The Morgan fingerprint density at radius 1 is 1.10 bits per heavy atom. The van der Waals surface area contributed by atoms with Gasteiger partial charge in [0.15, 0.2) is 6.61 Å². The van der Waals surface area contributed by atoms with E-state index in [0.717, 1.165) is 23.4 Å². The number of fused-ring (bicyclic) bond motifs is 1. The lowest BCUT2D eigenvalue weighted by molar-refractivity contribution is -0.130. The van der Waals surface area contributed by atoms with Crippen LogP contribution < -0.4 is 4.74 Å². The zero-order chi connectivity index (χ0) is 21.1. The number of para-hydroxylation sites is 2. The number of carbonyl (C=O) groups is 2. The van der Waals surface area contributed by atoms with Crippen LogP contribution in [-0.2, 0) is 4.79 Å². The first-order valence-corrected chi connectivity index (χ1v) is 10.9. The van der Waals surface area contributed by atoms with Crippen molar-refractivity contribution in [1.29, 1.82) is 0 Å². The predicted molar refractivity (Wildman–Crippen MR) is 118 cm³/mol. The Hall–Kier alpha value is -2.93. The Labute approximate surface area is 180 Å². The van der Waals surface area contributed by atoms with Crippen LogP contribution in [0.1, 0.15) is 34.1 Å². The highest BCUT2D eigenvalue weighted by molar-refractivity contribution is 7.18. The molecule has 2 aromatic carbocycles. The molecule has 0 atom stereocenters. The maximum Gasteiger partial charge on any atom is 0.259 e. The van der Waals surface area contributed by atoms with Crippen LogP contribution >= 0.6 is 11.3 Å². The van der Waals surface area contributed by atoms with Gasteiger partial charge >= 0.3 is 0 Å². The van der Waals surface area contributed by atoms with Crippen LogP contribution in [0.4, 0.5) is 0 Å². The van der Waals surface area contributed by atoms with Crippen molar-refractivity contribution in [3.8, 4) is 5.75 Å². The number of piperidine rings is 1. The second kappa shape index (κ2) is 8.83. The summed E-state index contributed by atoms with van der Waals surface area (Å²) in [7, 11) is 3.36. The molecular formula is C23H25N3O3S. The van der Waals surface area contributed by atoms with Gasteiger partial charge in [0.2, 0.25) is 0 Å². The van der Waals surface area contributed by atoms with Gasteiger partial charge in [-0.15, -0.1) is 11.3 Å². The van der Waals surface area contributed by atoms with Gasteiger partial charge in [-0.3, -0.25) is 9.59 Å². The molecule has 0 radical (unpaired) electrons. The van der Waals surface area contributed by atoms with Crippen molar-refractivity contribution in [1.82, 2.24) is 14.8 Å². The highest BCUT2D eigenvalue weighted by Gasteiger charge is 2.28. The smallest absolute Gasteiger partial charge is 0.259 e. The molecule has 0 bridgehead atoms. The summed E-state index contributed by atoms with van der Waals surface area (Å²) in [6, 6.07) is 15.3. The van der Waals surface area contributed by atoms with E-state index in [1.807, 2.05) is 35.2 Å². The molecule has 156 valence electrons. The molecule has 4 rings (SSSR count). The maximum atomic E-state index is 13.1. The second-order valence-corrected chi connectivity index (χ2v) is 8.72. The molecular weight excluding hydrogens is 398 g/mol. The van der Waals surface area contributed by atoms with Gasteiger partial charge in [0.05, 0.1) is 20.8 Å². The van der Waals surface area contributed by atoms with Crippen LogP contribution in [0.15, 0.2) is 48.5 Å². The lowest BCUT2D eigenvalue weighted by Crippen LogP contribution is -2.38. The van der Waals surface area contributed by atoms with Crippen LogP contribution in [0.3, 0.4) is 0 Å². The van der Waals surface area contributed by atoms with Crippen molar-refractivity contribution < 1.29 is 14.3 Å². The zero-order valence-corrected chi connectivity index (χ0v) is 18.0. The first kappa shape index (κ1) is 20.3. The van der Waals surface area contributed by atoms with Crippen molar-refractivity contribution in [3.63, 3.8) is 0 Å². The molecule has 0 spiro atoms. The fraction of sp³-hybridized carbons (Fsp3) is 0.348. The van der Waals surface area contributed by atoms with Crippen molar-refractivity contribution in [2.75, 3.05) is 33.8 Å². The summed E-state index contributed by atoms with van der Waals surface area (Å²) in [6.45, 7) is 1.28. The van der Waals surface area contributed by atoms with Crippen LogP contribution in [0, 0.1) is 0 Å². The summed E-state index contributed by atoms with van der Waals surface area (Å²) in [4.78, 5) is 33.1. The predicted octanol–water partition coefficient (Wildman–Crippen LogP) is 3.78. The number of amides is 2. The van der Waals surface area contributed by atoms with Gasteiger partial charge in [-0.1, -0.05) is 24.3 Å². The maximum absolute atomic E-state index is 13.1. The summed E-state index contributed by atoms with van der Waals surface area (Å²) >= 11 is 1.75. The van der Waals surface area contributed by atoms with Crippen molar-refractivity contribution in [2.45, 2.75) is 18.8 Å². The molecule has 0 unspecified atom stereocenters. The number of carbonyl (C=O) groups excluding carboxylic acids is 2. The Balaban J connectivity index is 1.41. The third-order valence-electron chi connectivity index (χ3n) is 5.41. The van der Waals surface area contributed by atoms with E-state index in [1.165, 1.54) is 9.60 Å². The first-order chi connectivity index (χ1) is 14.5. The fourth-order valence-electron chi connectivity index (χ4n) is 3.60. The number of hydrogen-bond donors (Lipinski definition) is 0. The van der Waals surface area contributed by atoms with Gasteiger partial charge in [-0.05, 0) is 37.1 Å². The molecule has 1 saturated heterocycles. The van der Waals surface area contributed by atoms with Crippen LogP contribution in [0.25, 0.3) is 10.2 Å². The fourth-order valence-corrected chi connectivity index (χ4v) is 4.74. The topological polar surface area (TPSA) is 62.7 Å². The Bertz CT molecular complexity index is 1020. The highest BCUT2D eigenvalue weighted by atomic mass is 32.1. The molecule has 2 heterocycles. The van der Waals surface area contributed by atoms with Crippen molar-refractivity contribution in [2.24, 2.45) is 0 Å². The Morgan fingerprint density at radius 3 is 2.53 bits per heavy atom. The zero-order valence-electron chi connectivity index (χ0n) is 17.2. The Morgan fingerprint density at radius 2 is 1.80 bits per heavy atom. The molecule has 0 aliphatic carbocycles. The molecule has 1 fully saturated rings. The first-order valence-electron chi connectivity index (χ1n) is 10.1. The quantitative estimate of drug-likeness (QED) is 0.627. The number of hydrogen-bond acceptors (Lipinski definition) is 5. The second-order valence-electron chi connectivity index (χ2n) is 7.66. The molecule has 2 amide bonds. The van der Waals surface area contributed by atoms with Gasteiger partial charge in [0, 0.05) is 33.1 Å². The number of likely N-dealkylation sites (tertiary alicyclic amines) is 1. The lowest BCUT2D eigenvalue weighted by Gasteiger charge is -2.31. The minimum Gasteiger partial charge on any atom is -0.483 e. The summed E-state index contributed by atoms with van der Waals surface area (Å²) in [6.07, 6.45) is 1.79. The number of aromatic nitrogens is 1. The third-order valence-corrected chi connectivity index (χ3v) is 6.61. The molecule has 6 nitrogen and oxygen atoms in total. The van der Waals surface area contributed by atoms with E-state index in [4.69, 9.17) is 9.72 Å². The monoisotopic (exact) mass is 423 g/mol. The number of rotatable bonds is 5. The minimum atomic E-state index is -0.145. The Kier molecular flexibility index (Phi) is 5.99. The number of benzene rings is 2. The van der Waals surface area contributed by atoms with Crippen molar-refractivity contribution >= 4 is 33.4 Å².